The molecule has 0 atom stereocenters. The van der Waals surface area contributed by atoms with Crippen molar-refractivity contribution in [1.29, 1.82) is 0 Å². The van der Waals surface area contributed by atoms with Crippen LogP contribution in [0.4, 0.5) is 22.5 Å². The van der Waals surface area contributed by atoms with Crippen LogP contribution < -0.4 is 20.2 Å². The number of hydrogen-bond donors (Lipinski definition) is 3. The Morgan fingerprint density at radius 3 is 2.49 bits per heavy atom. The summed E-state index contributed by atoms with van der Waals surface area (Å²) in [5.74, 6) is 1.41. The topological polar surface area (TPSA) is 125 Å². The Morgan fingerprint density at radius 1 is 1.14 bits per heavy atom. The number of fused-ring (bicyclic) bond motifs is 1. The molecule has 1 saturated heterocycles. The number of anilines is 2. The smallest absolute Gasteiger partial charge is 0.334 e. The maximum absolute atomic E-state index is 11.7. The monoisotopic (exact) mass is 521 g/mol. The van der Waals surface area contributed by atoms with E-state index < -0.39 is 5.91 Å². The third-order valence-corrected chi connectivity index (χ3v) is 7.61. The SMILES string of the molecule is CCNc1ccc(-c2nc(N3CCOCC3)c3sc([N+](C)(C)c4ncc(C(=O)NO)cn4)cc3n2)cc1. The fourth-order valence-electron chi connectivity index (χ4n) is 4.13. The number of ether oxygens (including phenoxy) is 1. The highest BCUT2D eigenvalue weighted by Crippen LogP contribution is 2.42. The zero-order valence-corrected chi connectivity index (χ0v) is 21.7. The van der Waals surface area contributed by atoms with Crippen LogP contribution in [0.2, 0.25) is 0 Å². The number of rotatable bonds is 7. The molecule has 0 unspecified atom stereocenters. The zero-order valence-electron chi connectivity index (χ0n) is 20.9. The molecule has 0 saturated carbocycles. The quantitative estimate of drug-likeness (QED) is 0.190. The first-order valence-corrected chi connectivity index (χ1v) is 12.8. The first-order chi connectivity index (χ1) is 17.9. The van der Waals surface area contributed by atoms with Gasteiger partial charge in [0.25, 0.3) is 5.91 Å². The molecule has 4 aromatic rings. The van der Waals surface area contributed by atoms with Gasteiger partial charge in [-0.3, -0.25) is 10.0 Å². The van der Waals surface area contributed by atoms with Crippen LogP contribution in [0, 0.1) is 0 Å². The van der Waals surface area contributed by atoms with Crippen LogP contribution in [-0.2, 0) is 4.74 Å². The molecule has 0 radical (unpaired) electrons. The minimum absolute atomic E-state index is 0.174. The second kappa shape index (κ2) is 10.3. The molecule has 37 heavy (non-hydrogen) atoms. The molecule has 3 aromatic heterocycles. The summed E-state index contributed by atoms with van der Waals surface area (Å²) in [6.07, 6.45) is 2.80. The molecule has 192 valence electrons. The number of aromatic nitrogens is 4. The van der Waals surface area contributed by atoms with Crippen molar-refractivity contribution in [3.63, 3.8) is 0 Å². The van der Waals surface area contributed by atoms with Gasteiger partial charge in [0, 0.05) is 49.3 Å². The second-order valence-corrected chi connectivity index (χ2v) is 10.1. The number of carbonyl (C=O) groups excluding carboxylic acids is 1. The molecule has 11 nitrogen and oxygen atoms in total. The molecule has 0 spiro atoms. The van der Waals surface area contributed by atoms with E-state index in [4.69, 9.17) is 19.9 Å². The van der Waals surface area contributed by atoms with E-state index in [-0.39, 0.29) is 10.0 Å². The van der Waals surface area contributed by atoms with E-state index in [0.717, 1.165) is 51.9 Å². The molecular formula is C25H29N8O3S+. The van der Waals surface area contributed by atoms with Gasteiger partial charge in [0.15, 0.2) is 16.6 Å². The van der Waals surface area contributed by atoms with Crippen molar-refractivity contribution in [2.45, 2.75) is 6.92 Å². The van der Waals surface area contributed by atoms with Gasteiger partial charge in [0.2, 0.25) is 0 Å². The number of carbonyl (C=O) groups is 1. The fraction of sp³-hybridized carbons (Fsp3) is 0.320. The average molecular weight is 522 g/mol. The molecule has 1 fully saturated rings. The first kappa shape index (κ1) is 25.0. The average Bonchev–Trinajstić information content (AvgIpc) is 3.38. The summed E-state index contributed by atoms with van der Waals surface area (Å²) in [6.45, 7) is 5.75. The maximum Gasteiger partial charge on any atom is 0.334 e. The maximum atomic E-state index is 11.7. The van der Waals surface area contributed by atoms with E-state index in [1.807, 2.05) is 38.4 Å². The number of nitrogens with zero attached hydrogens (tertiary/aromatic N) is 6. The van der Waals surface area contributed by atoms with E-state index in [1.54, 1.807) is 16.8 Å². The normalized spacial score (nSPS) is 14.1. The number of hydroxylamine groups is 1. The molecular weight excluding hydrogens is 492 g/mol. The van der Waals surface area contributed by atoms with Crippen molar-refractivity contribution >= 4 is 49.9 Å². The Labute approximate surface area is 218 Å². The number of thiophene rings is 1. The standard InChI is InChI=1S/C25H28N8O3S/c1-4-26-18-7-5-16(6-8-18)22-29-19-13-20(37-21(19)23(30-22)32-9-11-36-12-10-32)33(2,3)25-27-14-17(15-28-25)24(34)31-35/h5-8,13-15H,4,9-12H2,1-3H3,(H2-,26,29,30,31,34,35)/p+1. The summed E-state index contributed by atoms with van der Waals surface area (Å²) >= 11 is 1.60. The van der Waals surface area contributed by atoms with Crippen LogP contribution in [0.25, 0.3) is 21.6 Å². The van der Waals surface area contributed by atoms with E-state index in [1.165, 1.54) is 12.4 Å². The third kappa shape index (κ3) is 4.96. The van der Waals surface area contributed by atoms with Crippen LogP contribution >= 0.6 is 11.3 Å². The van der Waals surface area contributed by atoms with E-state index in [9.17, 15) is 4.79 Å². The minimum atomic E-state index is -0.657. The van der Waals surface area contributed by atoms with Gasteiger partial charge in [-0.2, -0.15) is 9.97 Å². The lowest BCUT2D eigenvalue weighted by molar-refractivity contribution is 0.0705. The molecule has 4 heterocycles. The van der Waals surface area contributed by atoms with Gasteiger partial charge in [0.1, 0.15) is 4.70 Å². The molecule has 12 heteroatoms. The molecule has 0 bridgehead atoms. The molecule has 3 N–H and O–H groups in total. The number of morpholine rings is 1. The predicted molar refractivity (Wildman–Crippen MR) is 145 cm³/mol. The van der Waals surface area contributed by atoms with E-state index in [2.05, 4.69) is 33.2 Å². The Morgan fingerprint density at radius 2 is 1.84 bits per heavy atom. The Hall–Kier alpha value is -3.71. The van der Waals surface area contributed by atoms with Crippen LogP contribution in [0.5, 0.6) is 0 Å². The Balaban J connectivity index is 1.58. The summed E-state index contributed by atoms with van der Waals surface area (Å²) < 4.78 is 6.82. The van der Waals surface area contributed by atoms with Crippen LogP contribution in [-0.4, -0.2) is 78.0 Å². The Kier molecular flexibility index (Phi) is 6.98. The van der Waals surface area contributed by atoms with Crippen molar-refractivity contribution in [2.75, 3.05) is 57.2 Å². The van der Waals surface area contributed by atoms with Crippen LogP contribution in [0.3, 0.4) is 0 Å². The highest BCUT2D eigenvalue weighted by atomic mass is 32.1. The predicted octanol–water partition coefficient (Wildman–Crippen LogP) is 3.43. The molecule has 1 aromatic carbocycles. The van der Waals surface area contributed by atoms with Crippen molar-refractivity contribution in [3.05, 3.63) is 48.3 Å². The third-order valence-electron chi connectivity index (χ3n) is 6.23. The lowest BCUT2D eigenvalue weighted by Gasteiger charge is -2.28. The van der Waals surface area contributed by atoms with Gasteiger partial charge >= 0.3 is 5.95 Å². The molecule has 1 amide bonds. The van der Waals surface area contributed by atoms with Gasteiger partial charge in [-0.05, 0) is 31.2 Å². The minimum Gasteiger partial charge on any atom is -0.385 e. The second-order valence-electron chi connectivity index (χ2n) is 9.04. The molecule has 5 rings (SSSR count). The van der Waals surface area contributed by atoms with Crippen molar-refractivity contribution in [2.24, 2.45) is 0 Å². The molecule has 1 aliphatic rings. The summed E-state index contributed by atoms with van der Waals surface area (Å²) in [5, 5.41) is 13.2. The highest BCUT2D eigenvalue weighted by molar-refractivity contribution is 7.23. The highest BCUT2D eigenvalue weighted by Gasteiger charge is 2.31. The first-order valence-electron chi connectivity index (χ1n) is 12.0. The Bertz CT molecular complexity index is 1400. The van der Waals surface area contributed by atoms with E-state index in [0.29, 0.717) is 25.0 Å². The lowest BCUT2D eigenvalue weighted by Crippen LogP contribution is -2.37. The van der Waals surface area contributed by atoms with Crippen molar-refractivity contribution in [1.82, 2.24) is 29.9 Å². The number of hydrogen-bond acceptors (Lipinski definition) is 10. The fourth-order valence-corrected chi connectivity index (χ4v) is 5.29. The van der Waals surface area contributed by atoms with Crippen LogP contribution in [0.15, 0.2) is 42.7 Å². The number of amides is 1. The van der Waals surface area contributed by atoms with Gasteiger partial charge in [-0.15, -0.1) is 0 Å². The summed E-state index contributed by atoms with van der Waals surface area (Å²) in [4.78, 5) is 32.7. The van der Waals surface area contributed by atoms with Gasteiger partial charge in [-0.25, -0.2) is 19.9 Å². The summed E-state index contributed by atoms with van der Waals surface area (Å²) in [5.41, 5.74) is 4.63. The van der Waals surface area contributed by atoms with Crippen molar-refractivity contribution in [3.8, 4) is 11.4 Å². The largest absolute Gasteiger partial charge is 0.385 e. The van der Waals surface area contributed by atoms with Gasteiger partial charge < -0.3 is 15.0 Å². The summed E-state index contributed by atoms with van der Waals surface area (Å²) in [7, 11) is 3.96. The summed E-state index contributed by atoms with van der Waals surface area (Å²) in [6, 6.07) is 10.2. The van der Waals surface area contributed by atoms with Gasteiger partial charge in [-0.1, -0.05) is 11.3 Å². The molecule has 0 aliphatic carbocycles. The van der Waals surface area contributed by atoms with Crippen LogP contribution in [0.1, 0.15) is 17.3 Å². The van der Waals surface area contributed by atoms with E-state index >= 15 is 0 Å². The number of benzene rings is 1. The van der Waals surface area contributed by atoms with Crippen molar-refractivity contribution < 1.29 is 14.7 Å². The van der Waals surface area contributed by atoms with Gasteiger partial charge in [0.05, 0.1) is 38.4 Å². The molecule has 1 aliphatic heterocycles. The number of quaternary nitrogens is 1. The lowest BCUT2D eigenvalue weighted by atomic mass is 10.2. The number of nitrogens with one attached hydrogen (secondary N) is 2. The zero-order chi connectivity index (χ0) is 26.0.